The molecule has 130 valence electrons. The number of carbonyl (C=O) groups is 2. The number of imide groups is 1. The first kappa shape index (κ1) is 17.8. The zero-order valence-corrected chi connectivity index (χ0v) is 13.7. The lowest BCUT2D eigenvalue weighted by Crippen LogP contribution is -2.36. The minimum atomic E-state index is -0.234. The predicted octanol–water partition coefficient (Wildman–Crippen LogP) is 0.915. The smallest absolute Gasteiger partial charge is 0.253 e. The van der Waals surface area contributed by atoms with Gasteiger partial charge in [0.15, 0.2) is 0 Å². The maximum absolute atomic E-state index is 11.3. The van der Waals surface area contributed by atoms with E-state index in [1.54, 1.807) is 12.1 Å². The van der Waals surface area contributed by atoms with Crippen LogP contribution in [0.2, 0.25) is 0 Å². The summed E-state index contributed by atoms with van der Waals surface area (Å²) in [6.07, 6.45) is 5.58. The number of nitrogen functional groups attached to an aromatic ring is 2. The van der Waals surface area contributed by atoms with E-state index in [1.807, 2.05) is 6.07 Å². The third-order valence-electron chi connectivity index (χ3n) is 3.74. The molecule has 1 heterocycles. The largest absolute Gasteiger partial charge is 0.494 e. The Hall–Kier alpha value is -2.54. The average molecular weight is 332 g/mol. The molecule has 0 atom stereocenters. The van der Waals surface area contributed by atoms with E-state index in [4.69, 9.17) is 16.2 Å². The van der Waals surface area contributed by atoms with Crippen molar-refractivity contribution in [3.63, 3.8) is 0 Å². The van der Waals surface area contributed by atoms with Crippen molar-refractivity contribution in [2.45, 2.75) is 19.3 Å². The molecule has 1 aliphatic rings. The topological polar surface area (TPSA) is 111 Å². The molecule has 0 unspecified atom stereocenters. The third kappa shape index (κ3) is 5.27. The van der Waals surface area contributed by atoms with Gasteiger partial charge in [-0.05, 0) is 37.9 Å². The first-order valence-electron chi connectivity index (χ1n) is 8.10. The molecule has 1 aromatic carbocycles. The Kier molecular flexibility index (Phi) is 6.62. The predicted molar refractivity (Wildman–Crippen MR) is 93.3 cm³/mol. The van der Waals surface area contributed by atoms with E-state index in [-0.39, 0.29) is 11.8 Å². The number of ether oxygens (including phenoxy) is 1. The van der Waals surface area contributed by atoms with Crippen molar-refractivity contribution >= 4 is 23.2 Å². The van der Waals surface area contributed by atoms with Crippen LogP contribution in [0, 0.1) is 0 Å². The Bertz CT molecular complexity index is 598. The molecular weight excluding hydrogens is 308 g/mol. The Morgan fingerprint density at radius 1 is 0.958 bits per heavy atom. The molecule has 2 amide bonds. The number of anilines is 2. The number of carbonyl (C=O) groups excluding carboxylic acids is 2. The molecule has 0 aromatic heterocycles. The summed E-state index contributed by atoms with van der Waals surface area (Å²) in [5.74, 6) is 0.262. The maximum atomic E-state index is 11.3. The molecule has 0 radical (unpaired) electrons. The van der Waals surface area contributed by atoms with Crippen LogP contribution in [0.25, 0.3) is 0 Å². The SMILES string of the molecule is Nc1ccc(OCCCCCNCCN2C(=O)C=CC2=O)cc1N. The highest BCUT2D eigenvalue weighted by Gasteiger charge is 2.21. The molecule has 0 saturated carbocycles. The monoisotopic (exact) mass is 332 g/mol. The first-order chi connectivity index (χ1) is 11.6. The van der Waals surface area contributed by atoms with Gasteiger partial charge in [0.05, 0.1) is 18.0 Å². The van der Waals surface area contributed by atoms with E-state index in [0.29, 0.717) is 31.1 Å². The normalized spacial score (nSPS) is 13.8. The molecule has 24 heavy (non-hydrogen) atoms. The fourth-order valence-electron chi connectivity index (χ4n) is 2.33. The van der Waals surface area contributed by atoms with Gasteiger partial charge in [-0.15, -0.1) is 0 Å². The Labute approximate surface area is 141 Å². The second kappa shape index (κ2) is 8.93. The van der Waals surface area contributed by atoms with Gasteiger partial charge in [0.1, 0.15) is 5.75 Å². The van der Waals surface area contributed by atoms with E-state index in [0.717, 1.165) is 31.6 Å². The van der Waals surface area contributed by atoms with E-state index in [1.165, 1.54) is 17.1 Å². The Morgan fingerprint density at radius 2 is 1.71 bits per heavy atom. The van der Waals surface area contributed by atoms with Crippen LogP contribution >= 0.6 is 0 Å². The van der Waals surface area contributed by atoms with Crippen LogP contribution in [0.5, 0.6) is 5.75 Å². The molecule has 1 aromatic rings. The Morgan fingerprint density at radius 3 is 2.42 bits per heavy atom. The minimum absolute atomic E-state index is 0.234. The standard InChI is InChI=1S/C17H24N4O3/c18-14-5-4-13(12-15(14)19)24-11-3-1-2-8-20-9-10-21-16(22)6-7-17(21)23/h4-7,12,20H,1-3,8-11,18-19H2. The highest BCUT2D eigenvalue weighted by molar-refractivity contribution is 6.12. The van der Waals surface area contributed by atoms with Gasteiger partial charge < -0.3 is 21.5 Å². The quantitative estimate of drug-likeness (QED) is 0.334. The molecule has 1 aliphatic heterocycles. The summed E-state index contributed by atoms with van der Waals surface area (Å²) in [6.45, 7) is 2.50. The van der Waals surface area contributed by atoms with Crippen molar-refractivity contribution < 1.29 is 14.3 Å². The Balaban J connectivity index is 1.46. The summed E-state index contributed by atoms with van der Waals surface area (Å²) in [4.78, 5) is 23.9. The van der Waals surface area contributed by atoms with Gasteiger partial charge in [-0.1, -0.05) is 0 Å². The highest BCUT2D eigenvalue weighted by Crippen LogP contribution is 2.21. The van der Waals surface area contributed by atoms with Crippen molar-refractivity contribution in [1.29, 1.82) is 0 Å². The van der Waals surface area contributed by atoms with Gasteiger partial charge in [-0.3, -0.25) is 14.5 Å². The zero-order valence-electron chi connectivity index (χ0n) is 13.7. The number of benzene rings is 1. The van der Waals surface area contributed by atoms with Crippen LogP contribution in [-0.2, 0) is 9.59 Å². The van der Waals surface area contributed by atoms with E-state index in [2.05, 4.69) is 5.32 Å². The van der Waals surface area contributed by atoms with Gasteiger partial charge in [0.2, 0.25) is 0 Å². The maximum Gasteiger partial charge on any atom is 0.253 e. The van der Waals surface area contributed by atoms with Crippen LogP contribution in [0.3, 0.4) is 0 Å². The lowest BCUT2D eigenvalue weighted by molar-refractivity contribution is -0.136. The van der Waals surface area contributed by atoms with E-state index in [9.17, 15) is 9.59 Å². The number of nitrogens with one attached hydrogen (secondary N) is 1. The van der Waals surface area contributed by atoms with Crippen molar-refractivity contribution in [2.24, 2.45) is 0 Å². The summed E-state index contributed by atoms with van der Waals surface area (Å²) in [5, 5.41) is 3.23. The average Bonchev–Trinajstić information content (AvgIpc) is 2.88. The number of nitrogens with zero attached hydrogens (tertiary/aromatic N) is 1. The van der Waals surface area contributed by atoms with Crippen molar-refractivity contribution in [3.05, 3.63) is 30.4 Å². The summed E-state index contributed by atoms with van der Waals surface area (Å²) in [7, 11) is 0. The van der Waals surface area contributed by atoms with Gasteiger partial charge in [0, 0.05) is 31.3 Å². The lowest BCUT2D eigenvalue weighted by Gasteiger charge is -2.13. The second-order valence-electron chi connectivity index (χ2n) is 5.61. The summed E-state index contributed by atoms with van der Waals surface area (Å²) in [6, 6.07) is 5.27. The molecule has 0 aliphatic carbocycles. The lowest BCUT2D eigenvalue weighted by atomic mass is 10.2. The third-order valence-corrected chi connectivity index (χ3v) is 3.74. The number of hydrogen-bond acceptors (Lipinski definition) is 6. The highest BCUT2D eigenvalue weighted by atomic mass is 16.5. The van der Waals surface area contributed by atoms with Crippen molar-refractivity contribution in [2.75, 3.05) is 37.7 Å². The van der Waals surface area contributed by atoms with Crippen molar-refractivity contribution in [1.82, 2.24) is 10.2 Å². The number of nitrogens with two attached hydrogens (primary N) is 2. The van der Waals surface area contributed by atoms with Gasteiger partial charge in [-0.25, -0.2) is 0 Å². The molecule has 0 spiro atoms. The molecule has 7 heteroatoms. The molecular formula is C17H24N4O3. The molecule has 2 rings (SSSR count). The number of rotatable bonds is 10. The van der Waals surface area contributed by atoms with Crippen LogP contribution in [0.1, 0.15) is 19.3 Å². The number of amides is 2. The summed E-state index contributed by atoms with van der Waals surface area (Å²) in [5.41, 5.74) is 12.5. The van der Waals surface area contributed by atoms with Crippen molar-refractivity contribution in [3.8, 4) is 5.75 Å². The second-order valence-corrected chi connectivity index (χ2v) is 5.61. The van der Waals surface area contributed by atoms with Gasteiger partial charge in [-0.2, -0.15) is 0 Å². The zero-order chi connectivity index (χ0) is 17.4. The van der Waals surface area contributed by atoms with Gasteiger partial charge >= 0.3 is 0 Å². The fraction of sp³-hybridized carbons (Fsp3) is 0.412. The first-order valence-corrected chi connectivity index (χ1v) is 8.10. The van der Waals surface area contributed by atoms with E-state index < -0.39 is 0 Å². The molecule has 0 fully saturated rings. The fourth-order valence-corrected chi connectivity index (χ4v) is 2.33. The van der Waals surface area contributed by atoms with Crippen LogP contribution in [-0.4, -0.2) is 43.0 Å². The van der Waals surface area contributed by atoms with Crippen LogP contribution in [0.4, 0.5) is 11.4 Å². The summed E-state index contributed by atoms with van der Waals surface area (Å²) < 4.78 is 5.62. The van der Waals surface area contributed by atoms with Crippen LogP contribution in [0.15, 0.2) is 30.4 Å². The summed E-state index contributed by atoms with van der Waals surface area (Å²) >= 11 is 0. The molecule has 5 N–H and O–H groups in total. The van der Waals surface area contributed by atoms with Gasteiger partial charge in [0.25, 0.3) is 11.8 Å². The molecule has 0 bridgehead atoms. The molecule has 0 saturated heterocycles. The van der Waals surface area contributed by atoms with Crippen LogP contribution < -0.4 is 21.5 Å². The van der Waals surface area contributed by atoms with E-state index >= 15 is 0 Å². The minimum Gasteiger partial charge on any atom is -0.494 e. The number of unbranched alkanes of at least 4 members (excludes halogenated alkanes) is 2. The molecule has 7 nitrogen and oxygen atoms in total. The number of hydrogen-bond donors (Lipinski definition) is 3.